The molecular weight excluding hydrogens is 198 g/mol. The predicted molar refractivity (Wildman–Crippen MR) is 67.2 cm³/mol. The summed E-state index contributed by atoms with van der Waals surface area (Å²) in [6.45, 7) is 4.22. The second-order valence-electron chi connectivity index (χ2n) is 4.62. The third kappa shape index (κ3) is 1.95. The molecule has 2 unspecified atom stereocenters. The Morgan fingerprint density at radius 3 is 2.62 bits per heavy atom. The first-order valence-corrected chi connectivity index (χ1v) is 5.75. The fraction of sp³-hybridized carbons (Fsp3) is 0.462. The van der Waals surface area contributed by atoms with Crippen LogP contribution >= 0.6 is 0 Å². The largest absolute Gasteiger partial charge is 0.331 e. The number of hydrogen-bond donors (Lipinski definition) is 1. The highest BCUT2D eigenvalue weighted by Crippen LogP contribution is 2.17. The molecule has 16 heavy (non-hydrogen) atoms. The molecule has 2 rings (SSSR count). The van der Waals surface area contributed by atoms with Gasteiger partial charge in [0.25, 0.3) is 0 Å². The average molecular weight is 217 g/mol. The van der Waals surface area contributed by atoms with Gasteiger partial charge in [0.15, 0.2) is 0 Å². The summed E-state index contributed by atoms with van der Waals surface area (Å²) in [4.78, 5) is 4.64. The maximum absolute atomic E-state index is 5.89. The summed E-state index contributed by atoms with van der Waals surface area (Å²) in [6, 6.07) is 8.43. The Labute approximate surface area is 96.3 Å². The Morgan fingerprint density at radius 2 is 2.00 bits per heavy atom. The van der Waals surface area contributed by atoms with Gasteiger partial charge in [-0.25, -0.2) is 4.98 Å². The molecule has 0 aliphatic carbocycles. The summed E-state index contributed by atoms with van der Waals surface area (Å²) in [7, 11) is 2.07. The van der Waals surface area contributed by atoms with E-state index in [1.54, 1.807) is 0 Å². The van der Waals surface area contributed by atoms with E-state index < -0.39 is 0 Å². The normalized spacial score (nSPS) is 15.2. The van der Waals surface area contributed by atoms with Crippen molar-refractivity contribution in [1.82, 2.24) is 9.55 Å². The van der Waals surface area contributed by atoms with E-state index in [4.69, 9.17) is 5.73 Å². The zero-order chi connectivity index (χ0) is 11.7. The van der Waals surface area contributed by atoms with Crippen LogP contribution in [0.2, 0.25) is 0 Å². The molecule has 0 fully saturated rings. The second kappa shape index (κ2) is 4.26. The van der Waals surface area contributed by atoms with Gasteiger partial charge in [-0.3, -0.25) is 0 Å². The van der Waals surface area contributed by atoms with Crippen LogP contribution in [0, 0.1) is 5.92 Å². The van der Waals surface area contributed by atoms with E-state index in [2.05, 4.69) is 35.7 Å². The maximum atomic E-state index is 5.89. The molecule has 0 aliphatic rings. The summed E-state index contributed by atoms with van der Waals surface area (Å²) < 4.78 is 2.16. The standard InChI is InChI=1S/C13H19N3/c1-9(10(2)14)8-13-15-11-6-4-5-7-12(11)16(13)3/h4-7,9-10H,8,14H2,1-3H3. The van der Waals surface area contributed by atoms with Crippen LogP contribution in [-0.2, 0) is 13.5 Å². The van der Waals surface area contributed by atoms with Crippen molar-refractivity contribution in [1.29, 1.82) is 0 Å². The Hall–Kier alpha value is -1.35. The van der Waals surface area contributed by atoms with E-state index in [0.717, 1.165) is 17.8 Å². The number of hydrogen-bond acceptors (Lipinski definition) is 2. The van der Waals surface area contributed by atoms with Crippen molar-refractivity contribution in [2.75, 3.05) is 0 Å². The molecule has 0 bridgehead atoms. The van der Waals surface area contributed by atoms with Gasteiger partial charge < -0.3 is 10.3 Å². The minimum atomic E-state index is 0.208. The number of para-hydroxylation sites is 2. The minimum absolute atomic E-state index is 0.208. The van der Waals surface area contributed by atoms with Crippen LogP contribution in [0.1, 0.15) is 19.7 Å². The predicted octanol–water partition coefficient (Wildman–Crippen LogP) is 2.10. The molecule has 0 aliphatic heterocycles. The molecule has 3 heteroatoms. The van der Waals surface area contributed by atoms with Crippen molar-refractivity contribution < 1.29 is 0 Å². The molecular formula is C13H19N3. The van der Waals surface area contributed by atoms with Gasteiger partial charge in [0.1, 0.15) is 5.82 Å². The monoisotopic (exact) mass is 217 g/mol. The van der Waals surface area contributed by atoms with Crippen LogP contribution in [0.3, 0.4) is 0 Å². The average Bonchev–Trinajstić information content (AvgIpc) is 2.56. The van der Waals surface area contributed by atoms with Crippen molar-refractivity contribution in [3.05, 3.63) is 30.1 Å². The zero-order valence-electron chi connectivity index (χ0n) is 10.1. The van der Waals surface area contributed by atoms with Crippen LogP contribution < -0.4 is 5.73 Å². The van der Waals surface area contributed by atoms with Crippen LogP contribution in [0.4, 0.5) is 0 Å². The summed E-state index contributed by atoms with van der Waals surface area (Å²) in [5.41, 5.74) is 8.15. The number of nitrogens with two attached hydrogens (primary N) is 1. The molecule has 0 saturated heterocycles. The second-order valence-corrected chi connectivity index (χ2v) is 4.62. The van der Waals surface area contributed by atoms with Gasteiger partial charge in [-0.15, -0.1) is 0 Å². The number of benzene rings is 1. The highest BCUT2D eigenvalue weighted by Gasteiger charge is 2.13. The Balaban J connectivity index is 2.35. The van der Waals surface area contributed by atoms with Crippen LogP contribution in [0.5, 0.6) is 0 Å². The Morgan fingerprint density at radius 1 is 1.31 bits per heavy atom. The SMILES string of the molecule is CC(N)C(C)Cc1nc2ccccc2n1C. The number of nitrogens with zero attached hydrogens (tertiary/aromatic N) is 2. The van der Waals surface area contributed by atoms with Gasteiger partial charge in [0.2, 0.25) is 0 Å². The van der Waals surface area contributed by atoms with E-state index in [1.165, 1.54) is 5.52 Å². The molecule has 0 saturated carbocycles. The number of imidazole rings is 1. The molecule has 0 spiro atoms. The van der Waals surface area contributed by atoms with Crippen molar-refractivity contribution >= 4 is 11.0 Å². The van der Waals surface area contributed by atoms with E-state index >= 15 is 0 Å². The first-order chi connectivity index (χ1) is 7.59. The van der Waals surface area contributed by atoms with E-state index in [9.17, 15) is 0 Å². The minimum Gasteiger partial charge on any atom is -0.331 e. The summed E-state index contributed by atoms with van der Waals surface area (Å²) in [6.07, 6.45) is 0.933. The number of fused-ring (bicyclic) bond motifs is 1. The van der Waals surface area contributed by atoms with E-state index in [1.807, 2.05) is 19.1 Å². The van der Waals surface area contributed by atoms with E-state index in [-0.39, 0.29) is 6.04 Å². The zero-order valence-corrected chi connectivity index (χ0v) is 10.1. The molecule has 2 atom stereocenters. The lowest BCUT2D eigenvalue weighted by Crippen LogP contribution is -2.26. The third-order valence-electron chi connectivity index (χ3n) is 3.28. The summed E-state index contributed by atoms with van der Waals surface area (Å²) in [5.74, 6) is 1.57. The lowest BCUT2D eigenvalue weighted by Gasteiger charge is -2.14. The lowest BCUT2D eigenvalue weighted by molar-refractivity contribution is 0.466. The van der Waals surface area contributed by atoms with Crippen LogP contribution in [-0.4, -0.2) is 15.6 Å². The summed E-state index contributed by atoms with van der Waals surface area (Å²) >= 11 is 0. The molecule has 0 radical (unpaired) electrons. The number of rotatable bonds is 3. The first-order valence-electron chi connectivity index (χ1n) is 5.75. The van der Waals surface area contributed by atoms with Gasteiger partial charge in [0, 0.05) is 19.5 Å². The molecule has 0 amide bonds. The lowest BCUT2D eigenvalue weighted by atomic mass is 10.0. The quantitative estimate of drug-likeness (QED) is 0.855. The highest BCUT2D eigenvalue weighted by atomic mass is 15.1. The third-order valence-corrected chi connectivity index (χ3v) is 3.28. The first kappa shape index (κ1) is 11.1. The Kier molecular flexibility index (Phi) is 2.97. The van der Waals surface area contributed by atoms with Gasteiger partial charge >= 0.3 is 0 Å². The van der Waals surface area contributed by atoms with Gasteiger partial charge in [-0.2, -0.15) is 0 Å². The maximum Gasteiger partial charge on any atom is 0.109 e. The van der Waals surface area contributed by atoms with Crippen molar-refractivity contribution in [2.24, 2.45) is 18.7 Å². The molecule has 2 N–H and O–H groups in total. The van der Waals surface area contributed by atoms with E-state index in [0.29, 0.717) is 5.92 Å². The van der Waals surface area contributed by atoms with Gasteiger partial charge in [-0.05, 0) is 25.0 Å². The number of aryl methyl sites for hydroxylation is 1. The fourth-order valence-electron chi connectivity index (χ4n) is 1.85. The molecule has 1 heterocycles. The smallest absolute Gasteiger partial charge is 0.109 e. The van der Waals surface area contributed by atoms with Crippen molar-refractivity contribution in [3.63, 3.8) is 0 Å². The topological polar surface area (TPSA) is 43.8 Å². The van der Waals surface area contributed by atoms with Crippen LogP contribution in [0.25, 0.3) is 11.0 Å². The van der Waals surface area contributed by atoms with Gasteiger partial charge in [-0.1, -0.05) is 19.1 Å². The summed E-state index contributed by atoms with van der Waals surface area (Å²) in [5, 5.41) is 0. The molecule has 2 aromatic rings. The molecule has 1 aromatic carbocycles. The Bertz CT molecular complexity index is 485. The highest BCUT2D eigenvalue weighted by molar-refractivity contribution is 5.75. The number of aromatic nitrogens is 2. The van der Waals surface area contributed by atoms with Crippen LogP contribution in [0.15, 0.2) is 24.3 Å². The molecule has 86 valence electrons. The molecule has 3 nitrogen and oxygen atoms in total. The van der Waals surface area contributed by atoms with Crippen molar-refractivity contribution in [3.8, 4) is 0 Å². The molecule has 1 aromatic heterocycles. The van der Waals surface area contributed by atoms with Gasteiger partial charge in [0.05, 0.1) is 11.0 Å². The fourth-order valence-corrected chi connectivity index (χ4v) is 1.85. The van der Waals surface area contributed by atoms with Crippen molar-refractivity contribution in [2.45, 2.75) is 26.3 Å².